The Morgan fingerprint density at radius 2 is 2.08 bits per heavy atom. The lowest BCUT2D eigenvalue weighted by molar-refractivity contribution is -0.121. The average Bonchev–Trinajstić information content (AvgIpc) is 2.76. The van der Waals surface area contributed by atoms with Gasteiger partial charge in [-0.05, 0) is 19.3 Å². The smallest absolute Gasteiger partial charge is 0.220 e. The van der Waals surface area contributed by atoms with Crippen molar-refractivity contribution in [3.05, 3.63) is 0 Å². The molecule has 0 aromatic carbocycles. The summed E-state index contributed by atoms with van der Waals surface area (Å²) < 4.78 is -0.610. The van der Waals surface area contributed by atoms with Crippen LogP contribution < -0.4 is 5.32 Å². The van der Waals surface area contributed by atoms with Crippen molar-refractivity contribution in [2.45, 2.75) is 36.1 Å². The predicted molar refractivity (Wildman–Crippen MR) is 48.3 cm³/mol. The molecule has 2 rings (SSSR count). The lowest BCUT2D eigenvalue weighted by atomic mass is 10.3. The molecule has 2 fully saturated rings. The highest BCUT2D eigenvalue weighted by atomic mass is 35.5. The molecule has 0 aromatic rings. The normalized spacial score (nSPS) is 31.3. The second-order valence-electron chi connectivity index (χ2n) is 3.71. The lowest BCUT2D eigenvalue weighted by Crippen LogP contribution is -2.25. The highest BCUT2D eigenvalue weighted by Gasteiger charge is 2.52. The van der Waals surface area contributed by atoms with Crippen molar-refractivity contribution in [2.24, 2.45) is 5.92 Å². The van der Waals surface area contributed by atoms with Gasteiger partial charge < -0.3 is 5.32 Å². The first-order chi connectivity index (χ1) is 5.58. The summed E-state index contributed by atoms with van der Waals surface area (Å²) in [4.78, 5) is 11.2. The van der Waals surface area contributed by atoms with Gasteiger partial charge in [-0.2, -0.15) is 0 Å². The minimum absolute atomic E-state index is 0.102. The van der Waals surface area contributed by atoms with E-state index >= 15 is 0 Å². The molecule has 4 heteroatoms. The third kappa shape index (κ3) is 2.05. The topological polar surface area (TPSA) is 29.1 Å². The van der Waals surface area contributed by atoms with Gasteiger partial charge in [-0.1, -0.05) is 0 Å². The van der Waals surface area contributed by atoms with E-state index in [-0.39, 0.29) is 11.8 Å². The molecule has 0 spiro atoms. The molecule has 2 saturated carbocycles. The highest BCUT2D eigenvalue weighted by Crippen LogP contribution is 2.54. The van der Waals surface area contributed by atoms with Crippen LogP contribution in [0, 0.1) is 5.92 Å². The van der Waals surface area contributed by atoms with Crippen molar-refractivity contribution in [2.75, 3.05) is 0 Å². The second kappa shape index (κ2) is 2.78. The molecule has 1 unspecified atom stereocenters. The van der Waals surface area contributed by atoms with Crippen LogP contribution in [0.5, 0.6) is 0 Å². The molecule has 0 aromatic heterocycles. The van der Waals surface area contributed by atoms with Gasteiger partial charge in [0.2, 0.25) is 5.91 Å². The minimum atomic E-state index is -0.610. The number of nitrogens with one attached hydrogen (secondary N) is 1. The van der Waals surface area contributed by atoms with Gasteiger partial charge in [0.05, 0.1) is 0 Å². The molecular formula is C8H11Cl2NO. The summed E-state index contributed by atoms with van der Waals surface area (Å²) in [5.41, 5.74) is 0. The van der Waals surface area contributed by atoms with Gasteiger partial charge in [-0.25, -0.2) is 0 Å². The Bertz CT molecular complexity index is 213. The Morgan fingerprint density at radius 3 is 2.50 bits per heavy atom. The maximum Gasteiger partial charge on any atom is 0.220 e. The number of rotatable bonds is 3. The number of alkyl halides is 2. The van der Waals surface area contributed by atoms with E-state index in [9.17, 15) is 4.79 Å². The largest absolute Gasteiger partial charge is 0.353 e. The van der Waals surface area contributed by atoms with Crippen LogP contribution in [0.4, 0.5) is 0 Å². The zero-order chi connectivity index (χ0) is 8.77. The molecule has 0 bridgehead atoms. The van der Waals surface area contributed by atoms with Crippen LogP contribution in [0.15, 0.2) is 0 Å². The van der Waals surface area contributed by atoms with Crippen LogP contribution in [0.2, 0.25) is 0 Å². The monoisotopic (exact) mass is 207 g/mol. The zero-order valence-electron chi connectivity index (χ0n) is 6.65. The van der Waals surface area contributed by atoms with Gasteiger partial charge in [-0.15, -0.1) is 23.2 Å². The van der Waals surface area contributed by atoms with Crippen molar-refractivity contribution in [1.29, 1.82) is 0 Å². The summed E-state index contributed by atoms with van der Waals surface area (Å²) >= 11 is 11.6. The molecule has 2 nitrogen and oxygen atoms in total. The maximum atomic E-state index is 11.2. The first-order valence-corrected chi connectivity index (χ1v) is 5.01. The fourth-order valence-corrected chi connectivity index (χ4v) is 1.76. The van der Waals surface area contributed by atoms with Crippen molar-refractivity contribution in [3.8, 4) is 0 Å². The van der Waals surface area contributed by atoms with Crippen LogP contribution >= 0.6 is 23.2 Å². The van der Waals surface area contributed by atoms with E-state index in [1.807, 2.05) is 0 Å². The quantitative estimate of drug-likeness (QED) is 0.704. The molecule has 1 N–H and O–H groups in total. The fraction of sp³-hybridized carbons (Fsp3) is 0.875. The number of hydrogen-bond acceptors (Lipinski definition) is 1. The first-order valence-electron chi connectivity index (χ1n) is 4.25. The van der Waals surface area contributed by atoms with Crippen LogP contribution in [0.1, 0.15) is 25.7 Å². The van der Waals surface area contributed by atoms with E-state index in [0.717, 1.165) is 19.3 Å². The van der Waals surface area contributed by atoms with Crippen molar-refractivity contribution < 1.29 is 4.79 Å². The second-order valence-corrected chi connectivity index (χ2v) is 5.25. The van der Waals surface area contributed by atoms with Gasteiger partial charge in [0.25, 0.3) is 0 Å². The number of carbonyl (C=O) groups is 1. The van der Waals surface area contributed by atoms with Gasteiger partial charge in [0, 0.05) is 18.4 Å². The van der Waals surface area contributed by atoms with Crippen molar-refractivity contribution in [1.82, 2.24) is 5.32 Å². The summed E-state index contributed by atoms with van der Waals surface area (Å²) in [6.07, 6.45) is 3.50. The van der Waals surface area contributed by atoms with E-state index in [2.05, 4.69) is 5.32 Å². The van der Waals surface area contributed by atoms with Gasteiger partial charge in [0.15, 0.2) is 0 Å². The minimum Gasteiger partial charge on any atom is -0.353 e. The standard InChI is InChI=1S/C8H11Cl2NO/c9-8(10)4-5(8)3-7(12)11-6-1-2-6/h5-6H,1-4H2,(H,11,12). The van der Waals surface area contributed by atoms with Crippen LogP contribution in [-0.2, 0) is 4.79 Å². The van der Waals surface area contributed by atoms with E-state index in [1.54, 1.807) is 0 Å². The molecule has 1 amide bonds. The molecule has 0 heterocycles. The van der Waals surface area contributed by atoms with Crippen LogP contribution in [0.3, 0.4) is 0 Å². The lowest BCUT2D eigenvalue weighted by Gasteiger charge is -2.01. The van der Waals surface area contributed by atoms with Gasteiger partial charge in [0.1, 0.15) is 4.33 Å². The summed E-state index contributed by atoms with van der Waals surface area (Å²) in [6.45, 7) is 0. The Labute approximate surface area is 81.6 Å². The Hall–Kier alpha value is 0.0500. The first kappa shape index (κ1) is 8.64. The molecular weight excluding hydrogens is 197 g/mol. The molecule has 0 aliphatic heterocycles. The third-order valence-electron chi connectivity index (χ3n) is 2.33. The molecule has 1 atom stereocenters. The number of carbonyl (C=O) groups excluding carboxylic acids is 1. The predicted octanol–water partition coefficient (Wildman–Crippen LogP) is 1.85. The van der Waals surface area contributed by atoms with Gasteiger partial charge >= 0.3 is 0 Å². The molecule has 68 valence electrons. The summed E-state index contributed by atoms with van der Waals surface area (Å²) in [5.74, 6) is 0.283. The van der Waals surface area contributed by atoms with E-state index in [4.69, 9.17) is 23.2 Å². The highest BCUT2D eigenvalue weighted by molar-refractivity contribution is 6.51. The molecule has 2 aliphatic carbocycles. The maximum absolute atomic E-state index is 11.2. The molecule has 0 radical (unpaired) electrons. The fourth-order valence-electron chi connectivity index (χ4n) is 1.23. The Morgan fingerprint density at radius 1 is 1.50 bits per heavy atom. The summed E-state index contributed by atoms with van der Waals surface area (Å²) in [5, 5.41) is 2.91. The number of amides is 1. The van der Waals surface area contributed by atoms with Crippen molar-refractivity contribution >= 4 is 29.1 Å². The summed E-state index contributed by atoms with van der Waals surface area (Å²) in [7, 11) is 0. The number of hydrogen-bond donors (Lipinski definition) is 1. The van der Waals surface area contributed by atoms with Gasteiger partial charge in [-0.3, -0.25) is 4.79 Å². The Balaban J connectivity index is 1.69. The Kier molecular flexibility index (Phi) is 2.00. The SMILES string of the molecule is O=C(CC1CC1(Cl)Cl)NC1CC1. The summed E-state index contributed by atoms with van der Waals surface area (Å²) in [6, 6.07) is 0.441. The van der Waals surface area contributed by atoms with Crippen LogP contribution in [0.25, 0.3) is 0 Å². The van der Waals surface area contributed by atoms with E-state index in [1.165, 1.54) is 0 Å². The zero-order valence-corrected chi connectivity index (χ0v) is 8.16. The molecule has 0 saturated heterocycles. The average molecular weight is 208 g/mol. The third-order valence-corrected chi connectivity index (χ3v) is 3.26. The number of halogens is 2. The van der Waals surface area contributed by atoms with Crippen molar-refractivity contribution in [3.63, 3.8) is 0 Å². The van der Waals surface area contributed by atoms with E-state index in [0.29, 0.717) is 12.5 Å². The molecule has 2 aliphatic rings. The van der Waals surface area contributed by atoms with Crippen LogP contribution in [-0.4, -0.2) is 16.3 Å². The molecule has 12 heavy (non-hydrogen) atoms. The van der Waals surface area contributed by atoms with E-state index < -0.39 is 4.33 Å².